The van der Waals surface area contributed by atoms with Crippen molar-refractivity contribution in [2.45, 2.75) is 20.1 Å². The van der Waals surface area contributed by atoms with Gasteiger partial charge >= 0.3 is 0 Å². The van der Waals surface area contributed by atoms with Gasteiger partial charge in [-0.2, -0.15) is 5.10 Å². The van der Waals surface area contributed by atoms with Crippen LogP contribution in [0.15, 0.2) is 22.7 Å². The molecule has 0 atom stereocenters. The van der Waals surface area contributed by atoms with E-state index < -0.39 is 0 Å². The van der Waals surface area contributed by atoms with Crippen molar-refractivity contribution in [2.75, 3.05) is 14.2 Å². The third-order valence-electron chi connectivity index (χ3n) is 3.23. The predicted molar refractivity (Wildman–Crippen MR) is 85.7 cm³/mol. The average Bonchev–Trinajstić information content (AvgIpc) is 2.71. The van der Waals surface area contributed by atoms with Gasteiger partial charge in [0.05, 0.1) is 23.0 Å². The summed E-state index contributed by atoms with van der Waals surface area (Å²) in [5.74, 6) is 1.46. The Kier molecular flexibility index (Phi) is 5.25. The fraction of sp³-hybridized carbons (Fsp3) is 0.400. The molecule has 0 aliphatic rings. The van der Waals surface area contributed by atoms with Gasteiger partial charge in [0.1, 0.15) is 6.61 Å². The Morgan fingerprint density at radius 3 is 2.67 bits per heavy atom. The summed E-state index contributed by atoms with van der Waals surface area (Å²) in [4.78, 5) is 0. The molecule has 0 aliphatic heterocycles. The molecule has 2 rings (SSSR count). The Labute approximate surface area is 133 Å². The van der Waals surface area contributed by atoms with Gasteiger partial charge in [-0.15, -0.1) is 0 Å². The van der Waals surface area contributed by atoms with Gasteiger partial charge in [-0.3, -0.25) is 4.68 Å². The van der Waals surface area contributed by atoms with Crippen molar-refractivity contribution in [3.63, 3.8) is 0 Å². The second-order valence-corrected chi connectivity index (χ2v) is 5.57. The molecule has 0 aliphatic carbocycles. The quantitative estimate of drug-likeness (QED) is 0.867. The lowest BCUT2D eigenvalue weighted by molar-refractivity contribution is 0.274. The van der Waals surface area contributed by atoms with Crippen LogP contribution in [0.5, 0.6) is 11.5 Å². The van der Waals surface area contributed by atoms with Crippen molar-refractivity contribution in [3.8, 4) is 11.5 Å². The predicted octanol–water partition coefficient (Wildman–Crippen LogP) is 2.80. The minimum atomic E-state index is 0.428. The maximum Gasteiger partial charge on any atom is 0.162 e. The van der Waals surface area contributed by atoms with Gasteiger partial charge in [0.15, 0.2) is 11.5 Å². The van der Waals surface area contributed by atoms with Gasteiger partial charge < -0.3 is 14.8 Å². The van der Waals surface area contributed by atoms with E-state index in [0.29, 0.717) is 6.61 Å². The summed E-state index contributed by atoms with van der Waals surface area (Å²) >= 11 is 3.54. The lowest BCUT2D eigenvalue weighted by Gasteiger charge is -2.13. The maximum atomic E-state index is 5.93. The highest BCUT2D eigenvalue weighted by molar-refractivity contribution is 9.10. The lowest BCUT2D eigenvalue weighted by Crippen LogP contribution is -2.07. The Morgan fingerprint density at radius 2 is 2.10 bits per heavy atom. The second-order valence-electron chi connectivity index (χ2n) is 4.77. The lowest BCUT2D eigenvalue weighted by atomic mass is 10.2. The van der Waals surface area contributed by atoms with Crippen LogP contribution in [-0.2, 0) is 20.2 Å². The van der Waals surface area contributed by atoms with Crippen molar-refractivity contribution >= 4 is 15.9 Å². The minimum absolute atomic E-state index is 0.428. The number of hydrogen-bond acceptors (Lipinski definition) is 4. The first-order valence-corrected chi connectivity index (χ1v) is 7.48. The van der Waals surface area contributed by atoms with E-state index in [1.807, 2.05) is 43.9 Å². The fourth-order valence-electron chi connectivity index (χ4n) is 2.13. The third-order valence-corrected chi connectivity index (χ3v) is 4.27. The van der Waals surface area contributed by atoms with Crippen molar-refractivity contribution < 1.29 is 9.47 Å². The van der Waals surface area contributed by atoms with E-state index in [4.69, 9.17) is 9.47 Å². The summed E-state index contributed by atoms with van der Waals surface area (Å²) in [6, 6.07) is 5.93. The summed E-state index contributed by atoms with van der Waals surface area (Å²) in [6.07, 6.45) is 0. The Balaban J connectivity index is 2.20. The summed E-state index contributed by atoms with van der Waals surface area (Å²) < 4.78 is 14.1. The van der Waals surface area contributed by atoms with Crippen LogP contribution in [0.25, 0.3) is 0 Å². The highest BCUT2D eigenvalue weighted by atomic mass is 79.9. The molecule has 0 saturated heterocycles. The monoisotopic (exact) mass is 353 g/mol. The Bertz CT molecular complexity index is 626. The molecule has 2 aromatic rings. The number of aromatic nitrogens is 2. The molecule has 0 radical (unpaired) electrons. The smallest absolute Gasteiger partial charge is 0.162 e. The van der Waals surface area contributed by atoms with Crippen LogP contribution >= 0.6 is 15.9 Å². The molecule has 0 bridgehead atoms. The van der Waals surface area contributed by atoms with E-state index in [2.05, 4.69) is 26.3 Å². The van der Waals surface area contributed by atoms with Crippen LogP contribution in [0.4, 0.5) is 0 Å². The van der Waals surface area contributed by atoms with Crippen LogP contribution in [0.2, 0.25) is 0 Å². The number of nitrogens with zero attached hydrogens (tertiary/aromatic N) is 2. The molecule has 0 saturated carbocycles. The average molecular weight is 354 g/mol. The number of benzene rings is 1. The number of halogens is 1. The van der Waals surface area contributed by atoms with E-state index >= 15 is 0 Å². The van der Waals surface area contributed by atoms with Crippen molar-refractivity contribution in [2.24, 2.45) is 7.05 Å². The molecule has 1 heterocycles. The molecule has 5 nitrogen and oxygen atoms in total. The zero-order valence-electron chi connectivity index (χ0n) is 12.7. The molecular formula is C15H20BrN3O2. The highest BCUT2D eigenvalue weighted by Gasteiger charge is 2.13. The van der Waals surface area contributed by atoms with Gasteiger partial charge in [0.25, 0.3) is 0 Å². The SMILES string of the molecule is CNCc1ccc(OC)c(OCc2c(Br)c(C)nn2C)c1. The Hall–Kier alpha value is -1.53. The largest absolute Gasteiger partial charge is 0.493 e. The van der Waals surface area contributed by atoms with E-state index in [0.717, 1.165) is 39.5 Å². The number of aryl methyl sites for hydroxylation is 2. The third kappa shape index (κ3) is 3.57. The van der Waals surface area contributed by atoms with Crippen LogP contribution in [0.3, 0.4) is 0 Å². The minimum Gasteiger partial charge on any atom is -0.493 e. The van der Waals surface area contributed by atoms with Crippen molar-refractivity contribution in [1.29, 1.82) is 0 Å². The standard InChI is InChI=1S/C15H20BrN3O2/c1-10-15(16)12(19(3)18-10)9-21-14-7-11(8-17-2)5-6-13(14)20-4/h5-7,17H,8-9H2,1-4H3. The number of rotatable bonds is 6. The first kappa shape index (κ1) is 15.9. The van der Waals surface area contributed by atoms with Crippen LogP contribution in [0.1, 0.15) is 17.0 Å². The fourth-order valence-corrected chi connectivity index (χ4v) is 2.58. The maximum absolute atomic E-state index is 5.93. The van der Waals surface area contributed by atoms with Crippen molar-refractivity contribution in [3.05, 3.63) is 39.6 Å². The number of hydrogen-bond donors (Lipinski definition) is 1. The zero-order valence-corrected chi connectivity index (χ0v) is 14.3. The van der Waals surface area contributed by atoms with E-state index in [1.54, 1.807) is 7.11 Å². The molecule has 0 amide bonds. The van der Waals surface area contributed by atoms with Crippen LogP contribution < -0.4 is 14.8 Å². The van der Waals surface area contributed by atoms with Gasteiger partial charge in [-0.1, -0.05) is 6.07 Å². The van der Waals surface area contributed by atoms with E-state index in [9.17, 15) is 0 Å². The highest BCUT2D eigenvalue weighted by Crippen LogP contribution is 2.30. The molecule has 0 fully saturated rings. The first-order chi connectivity index (χ1) is 10.1. The number of methoxy groups -OCH3 is 1. The molecule has 1 aromatic carbocycles. The molecule has 1 N–H and O–H groups in total. The van der Waals surface area contributed by atoms with Gasteiger partial charge in [0.2, 0.25) is 0 Å². The molecule has 114 valence electrons. The molecule has 21 heavy (non-hydrogen) atoms. The molecule has 1 aromatic heterocycles. The number of nitrogens with one attached hydrogen (secondary N) is 1. The summed E-state index contributed by atoms with van der Waals surface area (Å²) in [5, 5.41) is 7.49. The second kappa shape index (κ2) is 6.95. The van der Waals surface area contributed by atoms with Gasteiger partial charge in [0, 0.05) is 13.6 Å². The number of ether oxygens (including phenoxy) is 2. The summed E-state index contributed by atoms with van der Waals surface area (Å²) in [5.41, 5.74) is 3.09. The molecule has 0 spiro atoms. The summed E-state index contributed by atoms with van der Waals surface area (Å²) in [7, 11) is 5.47. The van der Waals surface area contributed by atoms with Gasteiger partial charge in [-0.25, -0.2) is 0 Å². The van der Waals surface area contributed by atoms with Gasteiger partial charge in [-0.05, 0) is 47.6 Å². The zero-order chi connectivity index (χ0) is 15.4. The van der Waals surface area contributed by atoms with E-state index in [-0.39, 0.29) is 0 Å². The molecule has 0 unspecified atom stereocenters. The molecular weight excluding hydrogens is 334 g/mol. The van der Waals surface area contributed by atoms with Crippen LogP contribution in [-0.4, -0.2) is 23.9 Å². The normalized spacial score (nSPS) is 10.7. The van der Waals surface area contributed by atoms with Crippen LogP contribution in [0, 0.1) is 6.92 Å². The molecule has 6 heteroatoms. The first-order valence-electron chi connectivity index (χ1n) is 6.69. The van der Waals surface area contributed by atoms with Crippen molar-refractivity contribution in [1.82, 2.24) is 15.1 Å². The topological polar surface area (TPSA) is 48.3 Å². The summed E-state index contributed by atoms with van der Waals surface area (Å²) in [6.45, 7) is 3.17. The van der Waals surface area contributed by atoms with E-state index in [1.165, 1.54) is 0 Å². The Morgan fingerprint density at radius 1 is 1.33 bits per heavy atom.